The molecule has 1 aliphatic heterocycles. The molecule has 0 saturated carbocycles. The summed E-state index contributed by atoms with van der Waals surface area (Å²) in [5, 5.41) is 6.42. The van der Waals surface area contributed by atoms with Gasteiger partial charge in [-0.25, -0.2) is 0 Å². The van der Waals surface area contributed by atoms with E-state index in [0.29, 0.717) is 0 Å². The van der Waals surface area contributed by atoms with Crippen LogP contribution in [0.5, 0.6) is 0 Å². The van der Waals surface area contributed by atoms with Crippen LogP contribution < -0.4 is 15.8 Å². The van der Waals surface area contributed by atoms with Crippen molar-refractivity contribution in [3.63, 3.8) is 0 Å². The molecule has 1 N–H and O–H groups in total. The second-order valence-corrected chi connectivity index (χ2v) is 4.21. The van der Waals surface area contributed by atoms with E-state index in [1.807, 2.05) is 0 Å². The second-order valence-electron chi connectivity index (χ2n) is 4.21. The molecule has 0 radical (unpaired) electrons. The maximum absolute atomic E-state index is 3.57. The van der Waals surface area contributed by atoms with Crippen LogP contribution in [0.1, 0.15) is 19.3 Å². The van der Waals surface area contributed by atoms with E-state index in [0.717, 1.165) is 12.5 Å². The lowest BCUT2D eigenvalue weighted by Crippen LogP contribution is -2.40. The minimum absolute atomic E-state index is 0.763. The molecule has 1 nitrogen and oxygen atoms in total. The Labute approximate surface area is 84.1 Å². The summed E-state index contributed by atoms with van der Waals surface area (Å²) in [6.07, 6.45) is 6.28. The molecule has 0 amide bonds. The normalized spacial score (nSPS) is 24.3. The zero-order valence-corrected chi connectivity index (χ0v) is 8.29. The van der Waals surface area contributed by atoms with E-state index in [2.05, 4.69) is 35.7 Å². The number of hydrogen-bond acceptors (Lipinski definition) is 1. The molecule has 0 aromatic heterocycles. The molecule has 72 valence electrons. The van der Waals surface area contributed by atoms with Gasteiger partial charge < -0.3 is 5.32 Å². The fourth-order valence-electron chi connectivity index (χ4n) is 2.60. The molecule has 2 aliphatic rings. The van der Waals surface area contributed by atoms with Gasteiger partial charge in [-0.2, -0.15) is 0 Å². The molecule has 0 spiro atoms. The molecular weight excluding hydrogens is 170 g/mol. The SMILES string of the molecule is C1=c2ccccc2=C2NCCCC2C1. The van der Waals surface area contributed by atoms with Gasteiger partial charge in [-0.15, -0.1) is 0 Å². The Morgan fingerprint density at radius 1 is 1.21 bits per heavy atom. The highest BCUT2D eigenvalue weighted by Gasteiger charge is 2.20. The van der Waals surface area contributed by atoms with Crippen molar-refractivity contribution in [3.8, 4) is 0 Å². The lowest BCUT2D eigenvalue weighted by Gasteiger charge is -2.28. The summed E-state index contributed by atoms with van der Waals surface area (Å²) in [7, 11) is 0. The van der Waals surface area contributed by atoms with Crippen LogP contribution in [-0.2, 0) is 0 Å². The predicted molar refractivity (Wildman–Crippen MR) is 58.9 cm³/mol. The van der Waals surface area contributed by atoms with E-state index in [1.165, 1.54) is 35.4 Å². The summed E-state index contributed by atoms with van der Waals surface area (Å²) >= 11 is 0. The van der Waals surface area contributed by atoms with Crippen LogP contribution in [0, 0.1) is 5.92 Å². The number of fused-ring (bicyclic) bond motifs is 2. The summed E-state index contributed by atoms with van der Waals surface area (Å²) in [5.74, 6) is 0.763. The fraction of sp³-hybridized carbons (Fsp3) is 0.385. The summed E-state index contributed by atoms with van der Waals surface area (Å²) in [6.45, 7) is 1.15. The molecule has 1 saturated heterocycles. The first kappa shape index (κ1) is 8.10. The van der Waals surface area contributed by atoms with E-state index in [1.54, 1.807) is 0 Å². The van der Waals surface area contributed by atoms with Crippen molar-refractivity contribution in [1.82, 2.24) is 5.32 Å². The second kappa shape index (κ2) is 3.16. The van der Waals surface area contributed by atoms with Crippen LogP contribution in [0.4, 0.5) is 0 Å². The third-order valence-electron chi connectivity index (χ3n) is 3.33. The first-order valence-corrected chi connectivity index (χ1v) is 5.48. The van der Waals surface area contributed by atoms with Gasteiger partial charge in [-0.3, -0.25) is 0 Å². The van der Waals surface area contributed by atoms with Crippen molar-refractivity contribution < 1.29 is 0 Å². The first-order chi connectivity index (χ1) is 6.95. The standard InChI is InChI=1S/C13H15N/c1-2-6-12-10(4-1)7-8-11-5-3-9-14-13(11)12/h1-2,4,6-7,11,14H,3,5,8-9H2. The van der Waals surface area contributed by atoms with Gasteiger partial charge in [0.15, 0.2) is 0 Å². The van der Waals surface area contributed by atoms with Crippen molar-refractivity contribution in [2.45, 2.75) is 19.3 Å². The van der Waals surface area contributed by atoms with E-state index >= 15 is 0 Å². The highest BCUT2D eigenvalue weighted by atomic mass is 14.9. The molecule has 1 aliphatic carbocycles. The quantitative estimate of drug-likeness (QED) is 0.635. The molecule has 14 heavy (non-hydrogen) atoms. The van der Waals surface area contributed by atoms with E-state index in [4.69, 9.17) is 0 Å². The van der Waals surface area contributed by atoms with Crippen LogP contribution in [0.15, 0.2) is 24.3 Å². The van der Waals surface area contributed by atoms with Gasteiger partial charge in [-0.05, 0) is 24.5 Å². The van der Waals surface area contributed by atoms with E-state index in [-0.39, 0.29) is 0 Å². The van der Waals surface area contributed by atoms with Crippen molar-refractivity contribution in [2.75, 3.05) is 6.54 Å². The average molecular weight is 185 g/mol. The van der Waals surface area contributed by atoms with Crippen molar-refractivity contribution >= 4 is 11.8 Å². The lowest BCUT2D eigenvalue weighted by atomic mass is 9.87. The molecule has 1 aromatic carbocycles. The third kappa shape index (κ3) is 1.16. The molecule has 3 rings (SSSR count). The summed E-state index contributed by atoms with van der Waals surface area (Å²) in [4.78, 5) is 0. The zero-order valence-electron chi connectivity index (χ0n) is 8.29. The molecule has 1 unspecified atom stereocenters. The largest absolute Gasteiger partial charge is 0.388 e. The number of piperidine rings is 1. The maximum Gasteiger partial charge on any atom is 0.0221 e. The Morgan fingerprint density at radius 3 is 3.14 bits per heavy atom. The maximum atomic E-state index is 3.57. The number of rotatable bonds is 0. The average Bonchev–Trinajstić information content (AvgIpc) is 2.29. The summed E-state index contributed by atoms with van der Waals surface area (Å²) in [6, 6.07) is 8.72. The monoisotopic (exact) mass is 185 g/mol. The van der Waals surface area contributed by atoms with Gasteiger partial charge in [0.05, 0.1) is 0 Å². The number of hydrogen-bond donors (Lipinski definition) is 1. The first-order valence-electron chi connectivity index (χ1n) is 5.48. The van der Waals surface area contributed by atoms with Gasteiger partial charge in [0.25, 0.3) is 0 Å². The minimum atomic E-state index is 0.763. The van der Waals surface area contributed by atoms with Gasteiger partial charge >= 0.3 is 0 Å². The van der Waals surface area contributed by atoms with Crippen LogP contribution in [-0.4, -0.2) is 6.54 Å². The Morgan fingerprint density at radius 2 is 2.14 bits per heavy atom. The van der Waals surface area contributed by atoms with Crippen LogP contribution in [0.2, 0.25) is 0 Å². The molecule has 1 heterocycles. The van der Waals surface area contributed by atoms with Gasteiger partial charge in [-0.1, -0.05) is 30.3 Å². The minimum Gasteiger partial charge on any atom is -0.388 e. The Hall–Kier alpha value is -1.24. The molecule has 1 aromatic rings. The molecule has 1 fully saturated rings. The highest BCUT2D eigenvalue weighted by molar-refractivity contribution is 5.53. The van der Waals surface area contributed by atoms with Crippen molar-refractivity contribution in [1.29, 1.82) is 0 Å². The van der Waals surface area contributed by atoms with Crippen molar-refractivity contribution in [2.24, 2.45) is 5.92 Å². The molecular formula is C13H15N. The molecule has 0 bridgehead atoms. The van der Waals surface area contributed by atoms with Gasteiger partial charge in [0.1, 0.15) is 0 Å². The lowest BCUT2D eigenvalue weighted by molar-refractivity contribution is 0.504. The fourth-order valence-corrected chi connectivity index (χ4v) is 2.60. The summed E-state index contributed by atoms with van der Waals surface area (Å²) < 4.78 is 0. The van der Waals surface area contributed by atoms with Crippen LogP contribution in [0.3, 0.4) is 0 Å². The van der Waals surface area contributed by atoms with E-state index in [9.17, 15) is 0 Å². The van der Waals surface area contributed by atoms with Gasteiger partial charge in [0, 0.05) is 23.4 Å². The van der Waals surface area contributed by atoms with E-state index < -0.39 is 0 Å². The Bertz CT molecular complexity index is 458. The summed E-state index contributed by atoms with van der Waals surface area (Å²) in [5.41, 5.74) is 1.49. The predicted octanol–water partition coefficient (Wildman–Crippen LogP) is 0.979. The highest BCUT2D eigenvalue weighted by Crippen LogP contribution is 2.24. The molecule has 1 atom stereocenters. The van der Waals surface area contributed by atoms with Crippen LogP contribution in [0.25, 0.3) is 11.8 Å². The number of benzene rings is 1. The van der Waals surface area contributed by atoms with Crippen LogP contribution >= 0.6 is 0 Å². The number of nitrogens with one attached hydrogen (secondary N) is 1. The molecule has 1 heteroatoms. The topological polar surface area (TPSA) is 12.0 Å². The Kier molecular flexibility index (Phi) is 1.83. The van der Waals surface area contributed by atoms with Gasteiger partial charge in [0.2, 0.25) is 0 Å². The zero-order chi connectivity index (χ0) is 9.38. The van der Waals surface area contributed by atoms with Crippen molar-refractivity contribution in [3.05, 3.63) is 34.7 Å². The third-order valence-corrected chi connectivity index (χ3v) is 3.33. The Balaban J connectivity index is 2.27. The smallest absolute Gasteiger partial charge is 0.0221 e.